The number of nitrogens with zero attached hydrogens (tertiary/aromatic N) is 3. The molecule has 4 rings (SSSR count). The third-order valence-corrected chi connectivity index (χ3v) is 4.27. The molecule has 1 aromatic carbocycles. The first-order chi connectivity index (χ1) is 10.2. The molecular formula is C16H16N4O. The van der Waals surface area contributed by atoms with Gasteiger partial charge in [0.05, 0.1) is 11.8 Å². The smallest absolute Gasteiger partial charge is 0.234 e. The zero-order chi connectivity index (χ0) is 14.4. The minimum absolute atomic E-state index is 0.0161. The van der Waals surface area contributed by atoms with Crippen LogP contribution in [0.3, 0.4) is 0 Å². The normalized spacial score (nSPS) is 17.8. The minimum Gasteiger partial charge on any atom is -0.399 e. The summed E-state index contributed by atoms with van der Waals surface area (Å²) in [6.07, 6.45) is 7.15. The van der Waals surface area contributed by atoms with E-state index in [-0.39, 0.29) is 11.8 Å². The molecular weight excluding hydrogens is 264 g/mol. The summed E-state index contributed by atoms with van der Waals surface area (Å²) in [5, 5.41) is 1.00. The summed E-state index contributed by atoms with van der Waals surface area (Å²) in [5.41, 5.74) is 8.57. The second-order valence-electron chi connectivity index (χ2n) is 5.61. The van der Waals surface area contributed by atoms with E-state index in [0.717, 1.165) is 36.0 Å². The molecule has 2 N–H and O–H groups in total. The monoisotopic (exact) mass is 280 g/mol. The average molecular weight is 280 g/mol. The second-order valence-corrected chi connectivity index (χ2v) is 5.61. The molecule has 0 bridgehead atoms. The lowest BCUT2D eigenvalue weighted by atomic mass is 9.95. The van der Waals surface area contributed by atoms with Crippen LogP contribution in [0.5, 0.6) is 0 Å². The van der Waals surface area contributed by atoms with E-state index in [9.17, 15) is 4.79 Å². The number of rotatable bonds is 1. The predicted octanol–water partition coefficient (Wildman–Crippen LogP) is 2.32. The van der Waals surface area contributed by atoms with Gasteiger partial charge in [0, 0.05) is 48.0 Å². The van der Waals surface area contributed by atoms with Crippen molar-refractivity contribution in [3.63, 3.8) is 0 Å². The van der Waals surface area contributed by atoms with Gasteiger partial charge in [0.1, 0.15) is 0 Å². The zero-order valence-electron chi connectivity index (χ0n) is 11.6. The predicted molar refractivity (Wildman–Crippen MR) is 81.0 cm³/mol. The standard InChI is InChI=1S/C16H16N4O/c17-13-1-2-15-11(7-13)4-6-20(15)16(21)12-3-5-19-10-18-9-14(19)8-12/h1-2,4,6-7,9-10,12H,3,5,8,17H2. The van der Waals surface area contributed by atoms with Crippen molar-refractivity contribution < 1.29 is 4.79 Å². The Hall–Kier alpha value is -2.56. The van der Waals surface area contributed by atoms with E-state index in [0.29, 0.717) is 5.69 Å². The Labute approximate surface area is 122 Å². The van der Waals surface area contributed by atoms with Gasteiger partial charge < -0.3 is 10.3 Å². The lowest BCUT2D eigenvalue weighted by molar-refractivity contribution is 0.0818. The van der Waals surface area contributed by atoms with E-state index in [4.69, 9.17) is 5.73 Å². The number of fused-ring (bicyclic) bond motifs is 2. The fraction of sp³-hybridized carbons (Fsp3) is 0.250. The van der Waals surface area contributed by atoms with E-state index in [1.165, 1.54) is 0 Å². The number of imidazole rings is 1. The SMILES string of the molecule is Nc1ccc2c(ccn2C(=O)C2CCn3cncc3C2)c1. The molecule has 2 aromatic heterocycles. The van der Waals surface area contributed by atoms with Crippen molar-refractivity contribution in [2.24, 2.45) is 5.92 Å². The number of hydrogen-bond donors (Lipinski definition) is 1. The van der Waals surface area contributed by atoms with Crippen LogP contribution in [-0.2, 0) is 13.0 Å². The minimum atomic E-state index is 0.0161. The van der Waals surface area contributed by atoms with Gasteiger partial charge >= 0.3 is 0 Å². The van der Waals surface area contributed by atoms with Gasteiger partial charge in [0.2, 0.25) is 5.91 Å². The summed E-state index contributed by atoms with van der Waals surface area (Å²) in [6, 6.07) is 7.59. The summed E-state index contributed by atoms with van der Waals surface area (Å²) >= 11 is 0. The lowest BCUT2D eigenvalue weighted by Gasteiger charge is -2.23. The summed E-state index contributed by atoms with van der Waals surface area (Å²) in [4.78, 5) is 16.9. The van der Waals surface area contributed by atoms with Crippen molar-refractivity contribution in [1.29, 1.82) is 0 Å². The topological polar surface area (TPSA) is 65.8 Å². The zero-order valence-corrected chi connectivity index (χ0v) is 11.6. The van der Waals surface area contributed by atoms with Crippen molar-refractivity contribution in [2.45, 2.75) is 19.4 Å². The Morgan fingerprint density at radius 3 is 3.14 bits per heavy atom. The van der Waals surface area contributed by atoms with Crippen LogP contribution in [0.4, 0.5) is 5.69 Å². The van der Waals surface area contributed by atoms with Gasteiger partial charge in [-0.05, 0) is 30.7 Å². The van der Waals surface area contributed by atoms with Gasteiger partial charge in [0.15, 0.2) is 0 Å². The van der Waals surface area contributed by atoms with Gasteiger partial charge in [-0.2, -0.15) is 0 Å². The molecule has 0 saturated heterocycles. The highest BCUT2D eigenvalue weighted by Gasteiger charge is 2.26. The number of carbonyl (C=O) groups excluding carboxylic acids is 1. The molecule has 1 unspecified atom stereocenters. The van der Waals surface area contributed by atoms with Crippen LogP contribution in [0, 0.1) is 5.92 Å². The summed E-state index contributed by atoms with van der Waals surface area (Å²) in [6.45, 7) is 0.859. The number of aryl methyl sites for hydroxylation is 1. The highest BCUT2D eigenvalue weighted by Crippen LogP contribution is 2.25. The van der Waals surface area contributed by atoms with Crippen LogP contribution in [0.2, 0.25) is 0 Å². The van der Waals surface area contributed by atoms with Gasteiger partial charge in [-0.15, -0.1) is 0 Å². The Bertz CT molecular complexity index is 830. The number of nitrogen functional groups attached to an aromatic ring is 1. The van der Waals surface area contributed by atoms with E-state index >= 15 is 0 Å². The van der Waals surface area contributed by atoms with Crippen molar-refractivity contribution in [2.75, 3.05) is 5.73 Å². The maximum atomic E-state index is 12.8. The molecule has 0 aliphatic carbocycles. The molecule has 21 heavy (non-hydrogen) atoms. The molecule has 106 valence electrons. The van der Waals surface area contributed by atoms with Gasteiger partial charge in [-0.25, -0.2) is 4.98 Å². The van der Waals surface area contributed by atoms with Crippen LogP contribution in [0.25, 0.3) is 10.9 Å². The van der Waals surface area contributed by atoms with Crippen molar-refractivity contribution in [3.8, 4) is 0 Å². The van der Waals surface area contributed by atoms with Crippen LogP contribution >= 0.6 is 0 Å². The largest absolute Gasteiger partial charge is 0.399 e. The Balaban J connectivity index is 1.68. The summed E-state index contributed by atoms with van der Waals surface area (Å²) in [5.74, 6) is 0.171. The first-order valence-corrected chi connectivity index (χ1v) is 7.12. The van der Waals surface area contributed by atoms with Crippen LogP contribution in [-0.4, -0.2) is 20.0 Å². The third-order valence-electron chi connectivity index (χ3n) is 4.27. The maximum absolute atomic E-state index is 12.8. The Morgan fingerprint density at radius 1 is 1.33 bits per heavy atom. The van der Waals surface area contributed by atoms with Crippen molar-refractivity contribution >= 4 is 22.5 Å². The molecule has 0 spiro atoms. The van der Waals surface area contributed by atoms with Crippen LogP contribution in [0.15, 0.2) is 43.0 Å². The number of benzene rings is 1. The first kappa shape index (κ1) is 12.2. The van der Waals surface area contributed by atoms with E-state index in [2.05, 4.69) is 9.55 Å². The maximum Gasteiger partial charge on any atom is 0.234 e. The van der Waals surface area contributed by atoms with Crippen LogP contribution in [0.1, 0.15) is 16.9 Å². The van der Waals surface area contributed by atoms with E-state index in [1.807, 2.05) is 43.0 Å². The van der Waals surface area contributed by atoms with Gasteiger partial charge in [0.25, 0.3) is 0 Å². The molecule has 1 aliphatic heterocycles. The third kappa shape index (κ3) is 1.93. The number of carbonyl (C=O) groups is 1. The van der Waals surface area contributed by atoms with Crippen molar-refractivity contribution in [1.82, 2.24) is 14.1 Å². The van der Waals surface area contributed by atoms with Crippen LogP contribution < -0.4 is 5.73 Å². The molecule has 1 atom stereocenters. The molecule has 5 heteroatoms. The molecule has 0 radical (unpaired) electrons. The Morgan fingerprint density at radius 2 is 2.24 bits per heavy atom. The fourth-order valence-electron chi connectivity index (χ4n) is 3.13. The molecule has 0 amide bonds. The van der Waals surface area contributed by atoms with Gasteiger partial charge in [-0.3, -0.25) is 9.36 Å². The molecule has 3 heterocycles. The van der Waals surface area contributed by atoms with Crippen molar-refractivity contribution in [3.05, 3.63) is 48.7 Å². The molecule has 0 saturated carbocycles. The molecule has 3 aromatic rings. The molecule has 5 nitrogen and oxygen atoms in total. The summed E-state index contributed by atoms with van der Waals surface area (Å²) in [7, 11) is 0. The fourth-order valence-corrected chi connectivity index (χ4v) is 3.13. The first-order valence-electron chi connectivity index (χ1n) is 7.12. The highest BCUT2D eigenvalue weighted by molar-refractivity contribution is 5.94. The second kappa shape index (κ2) is 4.48. The highest BCUT2D eigenvalue weighted by atomic mass is 16.2. The molecule has 0 fully saturated rings. The van der Waals surface area contributed by atoms with Gasteiger partial charge in [-0.1, -0.05) is 0 Å². The molecule has 1 aliphatic rings. The van der Waals surface area contributed by atoms with E-state index < -0.39 is 0 Å². The van der Waals surface area contributed by atoms with E-state index in [1.54, 1.807) is 4.57 Å². The lowest BCUT2D eigenvalue weighted by Crippen LogP contribution is -2.28. The number of anilines is 1. The summed E-state index contributed by atoms with van der Waals surface area (Å²) < 4.78 is 3.88. The average Bonchev–Trinajstić information content (AvgIpc) is 3.11. The number of hydrogen-bond acceptors (Lipinski definition) is 3. The number of nitrogens with two attached hydrogens (primary N) is 1. The Kier molecular flexibility index (Phi) is 2.60. The quantitative estimate of drug-likeness (QED) is 0.696. The number of aromatic nitrogens is 3.